The monoisotopic (exact) mass is 231 g/mol. The van der Waals surface area contributed by atoms with Crippen molar-refractivity contribution in [1.82, 2.24) is 4.90 Å². The summed E-state index contributed by atoms with van der Waals surface area (Å²) in [4.78, 5) is 2.51. The number of hydrogen-bond donors (Lipinski definition) is 0. The zero-order chi connectivity index (χ0) is 11.9. The second-order valence-corrected chi connectivity index (χ2v) is 8.60. The molecule has 0 saturated carbocycles. The number of rotatable bonds is 2. The smallest absolute Gasteiger partial charge is 0.0299 e. The molecular weight excluding hydrogens is 206 g/mol. The predicted molar refractivity (Wildman–Crippen MR) is 70.1 cm³/mol. The zero-order valence-electron chi connectivity index (χ0n) is 10.7. The van der Waals surface area contributed by atoms with Crippen molar-refractivity contribution in [2.75, 3.05) is 12.8 Å². The van der Waals surface area contributed by atoms with Crippen molar-refractivity contribution in [3.63, 3.8) is 0 Å². The van der Waals surface area contributed by atoms with E-state index in [1.807, 2.05) is 0 Å². The van der Waals surface area contributed by atoms with Gasteiger partial charge in [0.1, 0.15) is 0 Å². The highest BCUT2D eigenvalue weighted by molar-refractivity contribution is 8.00. The highest BCUT2D eigenvalue weighted by atomic mass is 32.2. The van der Waals surface area contributed by atoms with Gasteiger partial charge >= 0.3 is 0 Å². The number of nitrogens with zero attached hydrogens (tertiary/aromatic N) is 1. The van der Waals surface area contributed by atoms with Crippen molar-refractivity contribution in [1.29, 1.82) is 0 Å². The molecule has 0 N–H and O–H groups in total. The Kier molecular flexibility index (Phi) is 3.56. The van der Waals surface area contributed by atoms with E-state index in [0.29, 0.717) is 11.3 Å². The van der Waals surface area contributed by atoms with Crippen LogP contribution in [0.5, 0.6) is 0 Å². The first kappa shape index (κ1) is 13.0. The van der Waals surface area contributed by atoms with E-state index in [0.717, 1.165) is 19.4 Å². The molecule has 2 unspecified atom stereocenters. The van der Waals surface area contributed by atoms with Crippen LogP contribution in [0.2, 0.25) is 0 Å². The minimum Gasteiger partial charge on any atom is -0.296 e. The molecule has 1 aliphatic rings. The molecule has 3 heteroatoms. The third-order valence-corrected chi connectivity index (χ3v) is 5.34. The molecule has 0 aromatic heterocycles. The first-order valence-corrected chi connectivity index (χ1v) is 7.92. The van der Waals surface area contributed by atoms with Crippen LogP contribution in [-0.4, -0.2) is 44.6 Å². The molecule has 0 aliphatic carbocycles. The lowest BCUT2D eigenvalue weighted by Crippen LogP contribution is -2.55. The van der Waals surface area contributed by atoms with Crippen molar-refractivity contribution in [2.24, 2.45) is 0 Å². The van der Waals surface area contributed by atoms with Crippen molar-refractivity contribution >= 4 is 15.4 Å². The van der Waals surface area contributed by atoms with Crippen LogP contribution >= 0.6 is 0 Å². The SMILES string of the molecule is C=S(C)(=O)C1CCN(C(C)C)C(C)(C)C1. The molecule has 1 aliphatic heterocycles. The summed E-state index contributed by atoms with van der Waals surface area (Å²) in [6.07, 6.45) is 3.84. The van der Waals surface area contributed by atoms with Crippen LogP contribution in [-0.2, 0) is 9.52 Å². The third-order valence-electron chi connectivity index (χ3n) is 3.53. The second-order valence-electron chi connectivity index (χ2n) is 5.79. The number of likely N-dealkylation sites (tertiary alicyclic amines) is 1. The molecule has 0 spiro atoms. The molecule has 1 fully saturated rings. The van der Waals surface area contributed by atoms with Gasteiger partial charge in [-0.3, -0.25) is 9.11 Å². The quantitative estimate of drug-likeness (QED) is 0.677. The summed E-state index contributed by atoms with van der Waals surface area (Å²) in [5, 5.41) is 0.294. The topological polar surface area (TPSA) is 20.3 Å². The highest BCUT2D eigenvalue weighted by Crippen LogP contribution is 2.32. The molecule has 0 aromatic carbocycles. The average Bonchev–Trinajstić information content (AvgIpc) is 1.99. The van der Waals surface area contributed by atoms with E-state index in [9.17, 15) is 4.21 Å². The fourth-order valence-corrected chi connectivity index (χ4v) is 4.11. The highest BCUT2D eigenvalue weighted by Gasteiger charge is 2.37. The number of hydrogen-bond acceptors (Lipinski definition) is 2. The van der Waals surface area contributed by atoms with Gasteiger partial charge in [-0.05, 0) is 55.9 Å². The maximum absolute atomic E-state index is 12.0. The molecular formula is C12H25NOS. The van der Waals surface area contributed by atoms with Gasteiger partial charge in [-0.1, -0.05) is 0 Å². The van der Waals surface area contributed by atoms with Crippen molar-refractivity contribution in [3.8, 4) is 0 Å². The standard InChI is InChI=1S/C12H25NOS/c1-10(2)13-8-7-11(15(5,6)14)9-12(13,3)4/h10-11H,5,7-9H2,1-4,6H3. The summed E-state index contributed by atoms with van der Waals surface area (Å²) < 4.78 is 12.0. The fraction of sp³-hybridized carbons (Fsp3) is 0.917. The third kappa shape index (κ3) is 2.97. The molecule has 1 rings (SSSR count). The van der Waals surface area contributed by atoms with E-state index in [2.05, 4.69) is 38.5 Å². The molecule has 2 atom stereocenters. The van der Waals surface area contributed by atoms with Crippen LogP contribution in [0.1, 0.15) is 40.5 Å². The van der Waals surface area contributed by atoms with E-state index < -0.39 is 9.52 Å². The summed E-state index contributed by atoms with van der Waals surface area (Å²) in [6.45, 7) is 10.0. The Morgan fingerprint density at radius 3 is 2.33 bits per heavy atom. The Morgan fingerprint density at radius 1 is 1.47 bits per heavy atom. The van der Waals surface area contributed by atoms with Gasteiger partial charge in [-0.25, -0.2) is 0 Å². The molecule has 0 radical (unpaired) electrons. The van der Waals surface area contributed by atoms with Gasteiger partial charge < -0.3 is 0 Å². The molecule has 0 amide bonds. The summed E-state index contributed by atoms with van der Waals surface area (Å²) >= 11 is 0. The van der Waals surface area contributed by atoms with Gasteiger partial charge in [0.2, 0.25) is 0 Å². The van der Waals surface area contributed by atoms with Crippen LogP contribution in [0.3, 0.4) is 0 Å². The maximum atomic E-state index is 12.0. The largest absolute Gasteiger partial charge is 0.296 e. The lowest BCUT2D eigenvalue weighted by atomic mass is 9.89. The average molecular weight is 231 g/mol. The van der Waals surface area contributed by atoms with Crippen molar-refractivity contribution in [2.45, 2.75) is 57.4 Å². The molecule has 2 nitrogen and oxygen atoms in total. The van der Waals surface area contributed by atoms with Crippen LogP contribution in [0.4, 0.5) is 0 Å². The first-order chi connectivity index (χ1) is 6.64. The van der Waals surface area contributed by atoms with Crippen molar-refractivity contribution in [3.05, 3.63) is 0 Å². The molecule has 15 heavy (non-hydrogen) atoms. The van der Waals surface area contributed by atoms with E-state index in [4.69, 9.17) is 0 Å². The molecule has 0 aromatic rings. The summed E-state index contributed by atoms with van der Waals surface area (Å²) in [5.41, 5.74) is 0.160. The second kappa shape index (κ2) is 4.10. The van der Waals surface area contributed by atoms with Crippen LogP contribution in [0, 0.1) is 0 Å². The van der Waals surface area contributed by atoms with Crippen molar-refractivity contribution < 1.29 is 4.21 Å². The van der Waals surface area contributed by atoms with Gasteiger partial charge in [0.25, 0.3) is 0 Å². The Balaban J connectivity index is 2.82. The van der Waals surface area contributed by atoms with Gasteiger partial charge in [-0.2, -0.15) is 0 Å². The number of piperidine rings is 1. The Bertz CT molecular complexity index is 317. The lowest BCUT2D eigenvalue weighted by Gasteiger charge is -2.48. The van der Waals surface area contributed by atoms with E-state index in [1.165, 1.54) is 0 Å². The lowest BCUT2D eigenvalue weighted by molar-refractivity contribution is 0.0492. The van der Waals surface area contributed by atoms with Gasteiger partial charge in [0.15, 0.2) is 0 Å². The molecule has 0 bridgehead atoms. The van der Waals surface area contributed by atoms with Gasteiger partial charge in [0.05, 0.1) is 0 Å². The van der Waals surface area contributed by atoms with E-state index in [-0.39, 0.29) is 5.54 Å². The maximum Gasteiger partial charge on any atom is 0.0299 e. The Hall–Kier alpha value is -0.0200. The summed E-state index contributed by atoms with van der Waals surface area (Å²) in [6, 6.07) is 0.568. The Morgan fingerprint density at radius 2 is 2.00 bits per heavy atom. The van der Waals surface area contributed by atoms with Crippen LogP contribution in [0.15, 0.2) is 0 Å². The Labute approximate surface area is 95.1 Å². The predicted octanol–water partition coefficient (Wildman–Crippen LogP) is 1.98. The van der Waals surface area contributed by atoms with Crippen LogP contribution < -0.4 is 0 Å². The van der Waals surface area contributed by atoms with Gasteiger partial charge in [0, 0.05) is 29.6 Å². The fourth-order valence-electron chi connectivity index (χ4n) is 2.74. The van der Waals surface area contributed by atoms with E-state index >= 15 is 0 Å². The molecule has 1 saturated heterocycles. The minimum absolute atomic E-state index is 0.160. The van der Waals surface area contributed by atoms with Crippen LogP contribution in [0.25, 0.3) is 0 Å². The normalized spacial score (nSPS) is 31.5. The summed E-state index contributed by atoms with van der Waals surface area (Å²) in [5.74, 6) is 3.84. The molecule has 1 heterocycles. The van der Waals surface area contributed by atoms with Gasteiger partial charge in [-0.15, -0.1) is 0 Å². The first-order valence-electron chi connectivity index (χ1n) is 5.72. The summed E-state index contributed by atoms with van der Waals surface area (Å²) in [7, 11) is -1.87. The minimum atomic E-state index is -1.87. The van der Waals surface area contributed by atoms with E-state index in [1.54, 1.807) is 6.26 Å². The zero-order valence-corrected chi connectivity index (χ0v) is 11.6. The molecule has 90 valence electrons.